The maximum atomic E-state index is 12.5. The summed E-state index contributed by atoms with van der Waals surface area (Å²) in [4.78, 5) is 26.8. The third-order valence-electron chi connectivity index (χ3n) is 4.37. The largest absolute Gasteiger partial charge is 0.451 e. The Morgan fingerprint density at radius 2 is 1.81 bits per heavy atom. The third kappa shape index (κ3) is 4.76. The molecule has 0 saturated heterocycles. The van der Waals surface area contributed by atoms with Crippen molar-refractivity contribution < 1.29 is 9.21 Å². The first-order chi connectivity index (χ1) is 12.5. The maximum absolute atomic E-state index is 12.5. The first-order valence-corrected chi connectivity index (χ1v) is 8.50. The number of nitrogens with one attached hydrogen (secondary N) is 1. The van der Waals surface area contributed by atoms with Gasteiger partial charge in [0.25, 0.3) is 5.91 Å². The van der Waals surface area contributed by atoms with Crippen molar-refractivity contribution in [3.05, 3.63) is 81.7 Å². The number of amides is 1. The zero-order valence-electron chi connectivity index (χ0n) is 15.6. The lowest BCUT2D eigenvalue weighted by atomic mass is 10.1. The highest BCUT2D eigenvalue weighted by Crippen LogP contribution is 2.18. The fourth-order valence-electron chi connectivity index (χ4n) is 2.93. The molecule has 0 radical (unpaired) electrons. The minimum atomic E-state index is -0.396. The molecule has 27 heavy (non-hydrogen) atoms. The molecule has 0 fully saturated rings. The highest BCUT2D eigenvalue weighted by atomic mass is 35.5. The number of carbonyl (C=O) groups excluding carboxylic acids is 1. The van der Waals surface area contributed by atoms with Crippen LogP contribution >= 0.6 is 12.4 Å². The van der Waals surface area contributed by atoms with Crippen LogP contribution in [0.2, 0.25) is 0 Å². The van der Waals surface area contributed by atoms with Crippen LogP contribution in [0, 0.1) is 6.92 Å². The number of fused-ring (bicyclic) bond motifs is 1. The molecule has 0 aliphatic carbocycles. The van der Waals surface area contributed by atoms with Crippen LogP contribution in [0.3, 0.4) is 0 Å². The van der Waals surface area contributed by atoms with Crippen LogP contribution < -0.4 is 10.7 Å². The van der Waals surface area contributed by atoms with E-state index in [2.05, 4.69) is 5.32 Å². The number of rotatable bonds is 5. The fourth-order valence-corrected chi connectivity index (χ4v) is 2.93. The average molecular weight is 387 g/mol. The van der Waals surface area contributed by atoms with Crippen molar-refractivity contribution in [2.24, 2.45) is 0 Å². The minimum Gasteiger partial charge on any atom is -0.451 e. The van der Waals surface area contributed by atoms with Gasteiger partial charge in [0.1, 0.15) is 5.58 Å². The van der Waals surface area contributed by atoms with Gasteiger partial charge in [0, 0.05) is 12.6 Å². The molecule has 3 rings (SSSR count). The lowest BCUT2D eigenvalue weighted by Gasteiger charge is -2.25. The molecule has 1 unspecified atom stereocenters. The second kappa shape index (κ2) is 8.84. The van der Waals surface area contributed by atoms with E-state index in [4.69, 9.17) is 4.42 Å². The van der Waals surface area contributed by atoms with Gasteiger partial charge in [0.2, 0.25) is 0 Å². The van der Waals surface area contributed by atoms with Crippen molar-refractivity contribution in [1.29, 1.82) is 0 Å². The summed E-state index contributed by atoms with van der Waals surface area (Å²) in [5, 5.41) is 3.35. The van der Waals surface area contributed by atoms with E-state index in [0.29, 0.717) is 17.5 Å². The van der Waals surface area contributed by atoms with Crippen LogP contribution in [0.1, 0.15) is 27.7 Å². The molecule has 0 aliphatic rings. The van der Waals surface area contributed by atoms with Gasteiger partial charge in [-0.3, -0.25) is 9.59 Å². The van der Waals surface area contributed by atoms with Gasteiger partial charge >= 0.3 is 0 Å². The first-order valence-electron chi connectivity index (χ1n) is 8.50. The molecule has 5 nitrogen and oxygen atoms in total. The Hall–Kier alpha value is -2.63. The van der Waals surface area contributed by atoms with Gasteiger partial charge in [0.15, 0.2) is 11.2 Å². The summed E-state index contributed by atoms with van der Waals surface area (Å²) in [6.45, 7) is 2.32. The first kappa shape index (κ1) is 20.7. The summed E-state index contributed by atoms with van der Waals surface area (Å²) in [6, 6.07) is 16.6. The van der Waals surface area contributed by atoms with Crippen molar-refractivity contribution in [3.63, 3.8) is 0 Å². The van der Waals surface area contributed by atoms with Gasteiger partial charge in [-0.15, -0.1) is 12.4 Å². The average Bonchev–Trinajstić information content (AvgIpc) is 2.62. The summed E-state index contributed by atoms with van der Waals surface area (Å²) in [6.07, 6.45) is 0. The van der Waals surface area contributed by atoms with Crippen LogP contribution in [0.25, 0.3) is 11.0 Å². The topological polar surface area (TPSA) is 62.6 Å². The lowest BCUT2D eigenvalue weighted by molar-refractivity contribution is 0.0914. The van der Waals surface area contributed by atoms with Crippen LogP contribution in [0.4, 0.5) is 0 Å². The van der Waals surface area contributed by atoms with Gasteiger partial charge in [-0.1, -0.05) is 42.0 Å². The molecule has 1 N–H and O–H groups in total. The van der Waals surface area contributed by atoms with E-state index in [1.165, 1.54) is 6.07 Å². The zero-order chi connectivity index (χ0) is 18.7. The molecule has 2 aromatic carbocycles. The summed E-state index contributed by atoms with van der Waals surface area (Å²) in [5.41, 5.74) is 2.28. The van der Waals surface area contributed by atoms with Gasteiger partial charge < -0.3 is 14.6 Å². The summed E-state index contributed by atoms with van der Waals surface area (Å²) in [7, 11) is 3.92. The maximum Gasteiger partial charge on any atom is 0.287 e. The molecule has 142 valence electrons. The van der Waals surface area contributed by atoms with Crippen LogP contribution in [0.5, 0.6) is 0 Å². The molecular weight excluding hydrogens is 364 g/mol. The van der Waals surface area contributed by atoms with Crippen molar-refractivity contribution in [2.45, 2.75) is 13.0 Å². The molecule has 0 aliphatic heterocycles. The Balaban J connectivity index is 0.00000261. The number of benzene rings is 2. The number of aryl methyl sites for hydroxylation is 1. The number of likely N-dealkylation sites (N-methyl/N-ethyl adjacent to an activating group) is 1. The monoisotopic (exact) mass is 386 g/mol. The van der Waals surface area contributed by atoms with Crippen molar-refractivity contribution in [3.8, 4) is 0 Å². The number of hydrogen-bond acceptors (Lipinski definition) is 4. The summed E-state index contributed by atoms with van der Waals surface area (Å²) < 4.78 is 5.63. The second-order valence-corrected chi connectivity index (χ2v) is 6.57. The van der Waals surface area contributed by atoms with Crippen LogP contribution in [-0.4, -0.2) is 31.4 Å². The van der Waals surface area contributed by atoms with Crippen molar-refractivity contribution in [2.75, 3.05) is 20.6 Å². The Labute approximate surface area is 164 Å². The number of hydrogen-bond donors (Lipinski definition) is 1. The van der Waals surface area contributed by atoms with Crippen LogP contribution in [0.15, 0.2) is 63.8 Å². The third-order valence-corrected chi connectivity index (χ3v) is 4.37. The summed E-state index contributed by atoms with van der Waals surface area (Å²) >= 11 is 0. The normalized spacial score (nSPS) is 11.9. The molecule has 3 aromatic rings. The predicted octanol–water partition coefficient (Wildman–Crippen LogP) is 3.56. The zero-order valence-corrected chi connectivity index (χ0v) is 16.4. The Kier molecular flexibility index (Phi) is 6.77. The molecule has 1 aromatic heterocycles. The molecule has 1 heterocycles. The SMILES string of the molecule is Cc1ccc2oc(C(=O)NCC(c3ccccc3)N(C)C)cc(=O)c2c1.Cl. The molecule has 0 spiro atoms. The Bertz CT molecular complexity index is 984. The number of halogens is 1. The summed E-state index contributed by atoms with van der Waals surface area (Å²) in [5.74, 6) is -0.371. The highest BCUT2D eigenvalue weighted by molar-refractivity contribution is 5.93. The van der Waals surface area contributed by atoms with E-state index in [9.17, 15) is 9.59 Å². The Morgan fingerprint density at radius 3 is 2.48 bits per heavy atom. The molecule has 6 heteroatoms. The molecule has 0 saturated carbocycles. The van der Waals surface area contributed by atoms with Gasteiger partial charge in [0.05, 0.1) is 11.4 Å². The molecule has 1 amide bonds. The van der Waals surface area contributed by atoms with Crippen molar-refractivity contribution >= 4 is 29.3 Å². The van der Waals surface area contributed by atoms with Gasteiger partial charge in [-0.25, -0.2) is 0 Å². The molecular formula is C21H23ClN2O3. The van der Waals surface area contributed by atoms with E-state index in [1.807, 2.05) is 62.3 Å². The molecule has 0 bridgehead atoms. The van der Waals surface area contributed by atoms with E-state index >= 15 is 0 Å². The lowest BCUT2D eigenvalue weighted by Crippen LogP contribution is -2.34. The smallest absolute Gasteiger partial charge is 0.287 e. The fraction of sp³-hybridized carbons (Fsp3) is 0.238. The minimum absolute atomic E-state index is 0. The standard InChI is InChI=1S/C21H22N2O3.ClH/c1-14-9-10-19-16(11-14)18(24)12-20(26-19)21(25)22-13-17(23(2)3)15-7-5-4-6-8-15;/h4-12,17H,13H2,1-3H3,(H,22,25);1H. The van der Waals surface area contributed by atoms with Crippen LogP contribution in [-0.2, 0) is 0 Å². The van der Waals surface area contributed by atoms with Gasteiger partial charge in [-0.05, 0) is 38.7 Å². The number of nitrogens with zero attached hydrogens (tertiary/aromatic N) is 1. The predicted molar refractivity (Wildman–Crippen MR) is 110 cm³/mol. The van der Waals surface area contributed by atoms with E-state index < -0.39 is 5.91 Å². The van der Waals surface area contributed by atoms with Crippen molar-refractivity contribution in [1.82, 2.24) is 10.2 Å². The van der Waals surface area contributed by atoms with E-state index in [-0.39, 0.29) is 29.6 Å². The van der Waals surface area contributed by atoms with Gasteiger partial charge in [-0.2, -0.15) is 0 Å². The van der Waals surface area contributed by atoms with E-state index in [1.54, 1.807) is 12.1 Å². The highest BCUT2D eigenvalue weighted by Gasteiger charge is 2.17. The Morgan fingerprint density at radius 1 is 1.11 bits per heavy atom. The molecule has 1 atom stereocenters. The quantitative estimate of drug-likeness (QED) is 0.728. The number of carbonyl (C=O) groups is 1. The van der Waals surface area contributed by atoms with E-state index in [0.717, 1.165) is 11.1 Å². The second-order valence-electron chi connectivity index (χ2n) is 6.57.